The summed E-state index contributed by atoms with van der Waals surface area (Å²) in [5, 5.41) is 5.25. The summed E-state index contributed by atoms with van der Waals surface area (Å²) in [4.78, 5) is 8.61. The zero-order valence-electron chi connectivity index (χ0n) is 10.1. The molecule has 1 N–H and O–H groups in total. The van der Waals surface area contributed by atoms with E-state index in [1.165, 1.54) is 0 Å². The number of hydrogen-bond acceptors (Lipinski definition) is 3. The third kappa shape index (κ3) is 2.59. The molecule has 0 saturated heterocycles. The molecular formula is C14H8BrCl2N3. The number of nitrogens with zero attached hydrogens (tertiary/aromatic N) is 2. The van der Waals surface area contributed by atoms with E-state index in [1.807, 2.05) is 24.3 Å². The molecule has 6 heteroatoms. The molecule has 20 heavy (non-hydrogen) atoms. The van der Waals surface area contributed by atoms with Gasteiger partial charge in [-0.15, -0.1) is 0 Å². The number of pyridine rings is 2. The first-order valence-corrected chi connectivity index (χ1v) is 7.31. The summed E-state index contributed by atoms with van der Waals surface area (Å²) in [6.45, 7) is 0. The second-order valence-corrected chi connectivity index (χ2v) is 5.83. The molecule has 3 aromatic rings. The molecule has 0 radical (unpaired) electrons. The molecule has 2 aromatic heterocycles. The lowest BCUT2D eigenvalue weighted by Crippen LogP contribution is -1.96. The van der Waals surface area contributed by atoms with Crippen LogP contribution in [0.15, 0.2) is 47.2 Å². The molecule has 0 bridgehead atoms. The van der Waals surface area contributed by atoms with Crippen LogP contribution in [0.2, 0.25) is 10.0 Å². The highest BCUT2D eigenvalue weighted by Gasteiger charge is 2.08. The van der Waals surface area contributed by atoms with E-state index in [2.05, 4.69) is 31.2 Å². The minimum Gasteiger partial charge on any atom is -0.337 e. The van der Waals surface area contributed by atoms with Crippen molar-refractivity contribution in [2.24, 2.45) is 0 Å². The average Bonchev–Trinajstić information content (AvgIpc) is 2.45. The van der Waals surface area contributed by atoms with Crippen molar-refractivity contribution in [3.63, 3.8) is 0 Å². The molecule has 2 heterocycles. The van der Waals surface area contributed by atoms with Gasteiger partial charge in [-0.2, -0.15) is 0 Å². The van der Waals surface area contributed by atoms with Gasteiger partial charge in [0.1, 0.15) is 5.82 Å². The van der Waals surface area contributed by atoms with E-state index in [1.54, 1.807) is 18.5 Å². The lowest BCUT2D eigenvalue weighted by Gasteiger charge is -2.10. The van der Waals surface area contributed by atoms with E-state index in [0.717, 1.165) is 21.1 Å². The van der Waals surface area contributed by atoms with Crippen LogP contribution in [0.1, 0.15) is 0 Å². The smallest absolute Gasteiger partial charge is 0.149 e. The molecular weight excluding hydrogens is 361 g/mol. The Morgan fingerprint density at radius 2 is 1.90 bits per heavy atom. The van der Waals surface area contributed by atoms with Gasteiger partial charge in [0.05, 0.1) is 21.2 Å². The molecule has 0 aliphatic rings. The molecule has 0 spiro atoms. The zero-order chi connectivity index (χ0) is 14.1. The Hall–Kier alpha value is -1.36. The Bertz CT molecular complexity index is 792. The summed E-state index contributed by atoms with van der Waals surface area (Å²) in [5.74, 6) is 0.573. The van der Waals surface area contributed by atoms with Crippen LogP contribution in [0, 0.1) is 0 Å². The topological polar surface area (TPSA) is 37.8 Å². The average molecular weight is 369 g/mol. The van der Waals surface area contributed by atoms with Crippen molar-refractivity contribution < 1.29 is 0 Å². The maximum Gasteiger partial charge on any atom is 0.149 e. The van der Waals surface area contributed by atoms with Crippen molar-refractivity contribution in [3.05, 3.63) is 57.2 Å². The highest BCUT2D eigenvalue weighted by atomic mass is 79.9. The number of rotatable bonds is 2. The standard InChI is InChI=1S/C14H8BrCl2N3/c15-8-6-11(17)14(19-7-8)20-12-4-3-10(16)9-2-1-5-18-13(9)12/h1-7H,(H,19,20). The van der Waals surface area contributed by atoms with Crippen molar-refractivity contribution >= 4 is 61.5 Å². The number of aromatic nitrogens is 2. The molecule has 0 atom stereocenters. The van der Waals surface area contributed by atoms with Crippen molar-refractivity contribution in [3.8, 4) is 0 Å². The minimum absolute atomic E-state index is 0.526. The number of benzene rings is 1. The summed E-state index contributed by atoms with van der Waals surface area (Å²) in [7, 11) is 0. The Balaban J connectivity index is 2.09. The Morgan fingerprint density at radius 3 is 2.70 bits per heavy atom. The van der Waals surface area contributed by atoms with Crippen LogP contribution in [-0.2, 0) is 0 Å². The predicted molar refractivity (Wildman–Crippen MR) is 87.0 cm³/mol. The van der Waals surface area contributed by atoms with Crippen LogP contribution < -0.4 is 5.32 Å². The van der Waals surface area contributed by atoms with Crippen LogP contribution >= 0.6 is 39.1 Å². The van der Waals surface area contributed by atoms with E-state index in [4.69, 9.17) is 23.2 Å². The van der Waals surface area contributed by atoms with E-state index >= 15 is 0 Å². The summed E-state index contributed by atoms with van der Waals surface area (Å²) < 4.78 is 0.826. The number of anilines is 2. The van der Waals surface area contributed by atoms with Gasteiger partial charge in [0.25, 0.3) is 0 Å². The van der Waals surface area contributed by atoms with Crippen molar-refractivity contribution in [1.82, 2.24) is 9.97 Å². The van der Waals surface area contributed by atoms with E-state index < -0.39 is 0 Å². The second-order valence-electron chi connectivity index (χ2n) is 4.10. The first kappa shape index (κ1) is 13.6. The maximum atomic E-state index is 6.17. The van der Waals surface area contributed by atoms with Gasteiger partial charge in [-0.3, -0.25) is 4.98 Å². The van der Waals surface area contributed by atoms with Crippen molar-refractivity contribution in [2.75, 3.05) is 5.32 Å². The third-order valence-electron chi connectivity index (χ3n) is 2.78. The molecule has 0 fully saturated rings. The molecule has 3 rings (SSSR count). The summed E-state index contributed by atoms with van der Waals surface area (Å²) in [6, 6.07) is 9.23. The maximum absolute atomic E-state index is 6.17. The molecule has 0 aliphatic carbocycles. The first-order valence-electron chi connectivity index (χ1n) is 5.76. The molecule has 0 unspecified atom stereocenters. The van der Waals surface area contributed by atoms with Crippen molar-refractivity contribution in [1.29, 1.82) is 0 Å². The number of nitrogens with one attached hydrogen (secondary N) is 1. The molecule has 100 valence electrons. The molecule has 0 saturated carbocycles. The monoisotopic (exact) mass is 367 g/mol. The van der Waals surface area contributed by atoms with Crippen LogP contribution in [0.4, 0.5) is 11.5 Å². The zero-order valence-corrected chi connectivity index (χ0v) is 13.2. The largest absolute Gasteiger partial charge is 0.337 e. The normalized spacial score (nSPS) is 10.8. The molecule has 3 nitrogen and oxygen atoms in total. The molecule has 1 aromatic carbocycles. The van der Waals surface area contributed by atoms with Gasteiger partial charge in [-0.25, -0.2) is 4.98 Å². The summed E-state index contributed by atoms with van der Waals surface area (Å²) in [6.07, 6.45) is 3.40. The van der Waals surface area contributed by atoms with E-state index in [0.29, 0.717) is 15.9 Å². The first-order chi connectivity index (χ1) is 9.65. The Morgan fingerprint density at radius 1 is 1.05 bits per heavy atom. The van der Waals surface area contributed by atoms with Gasteiger partial charge in [0, 0.05) is 22.3 Å². The van der Waals surface area contributed by atoms with Gasteiger partial charge in [-0.05, 0) is 46.3 Å². The fourth-order valence-electron chi connectivity index (χ4n) is 1.87. The van der Waals surface area contributed by atoms with E-state index in [-0.39, 0.29) is 0 Å². The van der Waals surface area contributed by atoms with Crippen LogP contribution in [-0.4, -0.2) is 9.97 Å². The fourth-order valence-corrected chi connectivity index (χ4v) is 2.77. The number of halogens is 3. The van der Waals surface area contributed by atoms with Crippen LogP contribution in [0.3, 0.4) is 0 Å². The van der Waals surface area contributed by atoms with Crippen LogP contribution in [0.25, 0.3) is 10.9 Å². The van der Waals surface area contributed by atoms with E-state index in [9.17, 15) is 0 Å². The highest BCUT2D eigenvalue weighted by Crippen LogP contribution is 2.32. The third-order valence-corrected chi connectivity index (χ3v) is 3.83. The lowest BCUT2D eigenvalue weighted by atomic mass is 10.2. The summed E-state index contributed by atoms with van der Waals surface area (Å²) in [5.41, 5.74) is 1.59. The minimum atomic E-state index is 0.526. The highest BCUT2D eigenvalue weighted by molar-refractivity contribution is 9.10. The van der Waals surface area contributed by atoms with Gasteiger partial charge in [0.15, 0.2) is 0 Å². The Kier molecular flexibility index (Phi) is 3.78. The predicted octanol–water partition coefficient (Wildman–Crippen LogP) is 5.44. The summed E-state index contributed by atoms with van der Waals surface area (Å²) >= 11 is 15.7. The number of fused-ring (bicyclic) bond motifs is 1. The van der Waals surface area contributed by atoms with Gasteiger partial charge in [0.2, 0.25) is 0 Å². The molecule has 0 aliphatic heterocycles. The SMILES string of the molecule is Clc1cc(Br)cnc1Nc1ccc(Cl)c2cccnc12. The van der Waals surface area contributed by atoms with Gasteiger partial charge < -0.3 is 5.32 Å². The van der Waals surface area contributed by atoms with Crippen molar-refractivity contribution in [2.45, 2.75) is 0 Å². The Labute approximate surface area is 134 Å². The molecule has 0 amide bonds. The van der Waals surface area contributed by atoms with Crippen LogP contribution in [0.5, 0.6) is 0 Å². The van der Waals surface area contributed by atoms with Gasteiger partial charge in [-0.1, -0.05) is 23.2 Å². The number of hydrogen-bond donors (Lipinski definition) is 1. The van der Waals surface area contributed by atoms with Gasteiger partial charge >= 0.3 is 0 Å². The lowest BCUT2D eigenvalue weighted by molar-refractivity contribution is 1.29. The fraction of sp³-hybridized carbons (Fsp3) is 0. The quantitative estimate of drug-likeness (QED) is 0.654. The second kappa shape index (κ2) is 5.56.